The fourth-order valence-corrected chi connectivity index (χ4v) is 4.30. The van der Waals surface area contributed by atoms with Crippen LogP contribution in [0.15, 0.2) is 53.4 Å². The van der Waals surface area contributed by atoms with Crippen molar-refractivity contribution in [3.8, 4) is 34.6 Å². The van der Waals surface area contributed by atoms with Crippen molar-refractivity contribution in [1.29, 1.82) is 0 Å². The van der Waals surface area contributed by atoms with E-state index in [0.29, 0.717) is 27.8 Å². The number of primary amides is 1. The van der Waals surface area contributed by atoms with E-state index in [-0.39, 0.29) is 33.2 Å². The standard InChI is InChI=1S/C23H18ClN3O5S/c1-2-3-13-6-9-16(23(29)30)20(24)19(13)14-10-17(21(25)18(11-14)22(26)28)12-4-7-15(8-5-12)33(27,31)32/h1,4-11H,3,25H2,(H2,26,28)(H,29,30)(H2,27,31,32). The molecule has 1 amide bonds. The Bertz CT molecular complexity index is 1440. The zero-order valence-corrected chi connectivity index (χ0v) is 18.6. The number of carbonyl (C=O) groups is 2. The number of terminal acetylenes is 1. The van der Waals surface area contributed by atoms with E-state index < -0.39 is 21.9 Å². The van der Waals surface area contributed by atoms with Gasteiger partial charge in [-0.3, -0.25) is 4.79 Å². The first-order chi connectivity index (χ1) is 15.5. The predicted octanol–water partition coefficient (Wildman–Crippen LogP) is 2.88. The van der Waals surface area contributed by atoms with Crippen LogP contribution in [0.5, 0.6) is 0 Å². The lowest BCUT2D eigenvalue weighted by molar-refractivity contribution is 0.0697. The number of benzene rings is 3. The molecule has 33 heavy (non-hydrogen) atoms. The molecule has 0 spiro atoms. The van der Waals surface area contributed by atoms with Gasteiger partial charge in [0.2, 0.25) is 10.0 Å². The second kappa shape index (κ2) is 8.96. The number of sulfonamides is 1. The van der Waals surface area contributed by atoms with Gasteiger partial charge in [-0.15, -0.1) is 12.3 Å². The molecule has 0 bridgehead atoms. The number of hydrogen-bond acceptors (Lipinski definition) is 5. The van der Waals surface area contributed by atoms with Crippen LogP contribution in [0.3, 0.4) is 0 Å². The van der Waals surface area contributed by atoms with E-state index in [2.05, 4.69) is 5.92 Å². The Labute approximate surface area is 195 Å². The first-order valence-electron chi connectivity index (χ1n) is 9.30. The molecule has 0 atom stereocenters. The monoisotopic (exact) mass is 483 g/mol. The van der Waals surface area contributed by atoms with Crippen LogP contribution in [0, 0.1) is 12.3 Å². The largest absolute Gasteiger partial charge is 0.478 e. The lowest BCUT2D eigenvalue weighted by Gasteiger charge is -2.17. The molecule has 3 rings (SSSR count). The maximum absolute atomic E-state index is 12.1. The number of primary sulfonamides is 1. The van der Waals surface area contributed by atoms with Gasteiger partial charge in [0.1, 0.15) is 0 Å². The van der Waals surface area contributed by atoms with Crippen LogP contribution in [0.1, 0.15) is 26.3 Å². The van der Waals surface area contributed by atoms with Gasteiger partial charge >= 0.3 is 5.97 Å². The number of hydrogen-bond donors (Lipinski definition) is 4. The average molecular weight is 484 g/mol. The van der Waals surface area contributed by atoms with Gasteiger partial charge in [-0.1, -0.05) is 29.8 Å². The van der Waals surface area contributed by atoms with Crippen molar-refractivity contribution in [3.63, 3.8) is 0 Å². The molecular weight excluding hydrogens is 466 g/mol. The zero-order valence-electron chi connectivity index (χ0n) is 17.0. The molecule has 168 valence electrons. The summed E-state index contributed by atoms with van der Waals surface area (Å²) in [6.45, 7) is 0. The van der Waals surface area contributed by atoms with E-state index in [1.165, 1.54) is 36.4 Å². The highest BCUT2D eigenvalue weighted by molar-refractivity contribution is 7.89. The lowest BCUT2D eigenvalue weighted by Crippen LogP contribution is -2.15. The quantitative estimate of drug-likeness (QED) is 0.310. The van der Waals surface area contributed by atoms with Crippen molar-refractivity contribution >= 4 is 39.2 Å². The number of nitrogens with two attached hydrogens (primary N) is 3. The van der Waals surface area contributed by atoms with E-state index in [1.807, 2.05) is 0 Å². The maximum Gasteiger partial charge on any atom is 0.337 e. The second-order valence-electron chi connectivity index (χ2n) is 7.07. The summed E-state index contributed by atoms with van der Waals surface area (Å²) in [7, 11) is -3.91. The van der Waals surface area contributed by atoms with Gasteiger partial charge in [-0.2, -0.15) is 0 Å². The Morgan fingerprint density at radius 3 is 2.18 bits per heavy atom. The van der Waals surface area contributed by atoms with E-state index in [0.717, 1.165) is 0 Å². The Kier molecular flexibility index (Phi) is 6.46. The van der Waals surface area contributed by atoms with Crippen LogP contribution >= 0.6 is 11.6 Å². The molecule has 0 heterocycles. The number of amides is 1. The van der Waals surface area contributed by atoms with Crippen LogP contribution in [0.4, 0.5) is 5.69 Å². The first kappa shape index (κ1) is 23.8. The summed E-state index contributed by atoms with van der Waals surface area (Å²) in [6.07, 6.45) is 5.61. The zero-order chi connectivity index (χ0) is 24.5. The number of anilines is 1. The molecule has 3 aromatic rings. The van der Waals surface area contributed by atoms with Crippen molar-refractivity contribution in [2.24, 2.45) is 10.9 Å². The summed E-state index contributed by atoms with van der Waals surface area (Å²) < 4.78 is 23.1. The minimum atomic E-state index is -3.91. The van der Waals surface area contributed by atoms with Gasteiger partial charge in [0, 0.05) is 17.5 Å². The molecule has 0 saturated heterocycles. The lowest BCUT2D eigenvalue weighted by atomic mass is 9.90. The molecule has 0 aliphatic heterocycles. The van der Waals surface area contributed by atoms with Gasteiger partial charge in [0.15, 0.2) is 0 Å². The molecule has 10 heteroatoms. The van der Waals surface area contributed by atoms with Gasteiger partial charge in [-0.25, -0.2) is 18.4 Å². The highest BCUT2D eigenvalue weighted by Gasteiger charge is 2.21. The molecule has 3 aromatic carbocycles. The molecule has 8 nitrogen and oxygen atoms in total. The topological polar surface area (TPSA) is 167 Å². The maximum atomic E-state index is 12.1. The van der Waals surface area contributed by atoms with E-state index in [1.54, 1.807) is 12.1 Å². The Morgan fingerprint density at radius 2 is 1.67 bits per heavy atom. The van der Waals surface area contributed by atoms with E-state index >= 15 is 0 Å². The number of rotatable bonds is 6. The number of carboxylic acid groups (broad SMARTS) is 1. The van der Waals surface area contributed by atoms with Gasteiger partial charge < -0.3 is 16.6 Å². The van der Waals surface area contributed by atoms with Crippen LogP contribution in [-0.4, -0.2) is 25.4 Å². The highest BCUT2D eigenvalue weighted by atomic mass is 35.5. The number of nitrogen functional groups attached to an aromatic ring is 1. The van der Waals surface area contributed by atoms with Crippen LogP contribution in [-0.2, 0) is 16.4 Å². The van der Waals surface area contributed by atoms with Crippen LogP contribution in [0.2, 0.25) is 5.02 Å². The van der Waals surface area contributed by atoms with Crippen LogP contribution < -0.4 is 16.6 Å². The summed E-state index contributed by atoms with van der Waals surface area (Å²) >= 11 is 6.44. The number of carbonyl (C=O) groups excluding carboxylic acids is 1. The minimum Gasteiger partial charge on any atom is -0.478 e. The van der Waals surface area contributed by atoms with Crippen molar-refractivity contribution in [1.82, 2.24) is 0 Å². The van der Waals surface area contributed by atoms with Crippen molar-refractivity contribution in [2.75, 3.05) is 5.73 Å². The molecule has 0 aliphatic carbocycles. The minimum absolute atomic E-state index is 0.0264. The summed E-state index contributed by atoms with van der Waals surface area (Å²) in [5, 5.41) is 14.6. The molecule has 0 aliphatic rings. The summed E-state index contributed by atoms with van der Waals surface area (Å²) in [5.41, 5.74) is 13.7. The summed E-state index contributed by atoms with van der Waals surface area (Å²) in [6, 6.07) is 11.4. The van der Waals surface area contributed by atoms with Gasteiger partial charge in [-0.05, 0) is 47.0 Å². The number of aromatic carboxylic acids is 1. The Hall–Kier alpha value is -3.84. The number of carboxylic acids is 1. The smallest absolute Gasteiger partial charge is 0.337 e. The summed E-state index contributed by atoms with van der Waals surface area (Å²) in [5.74, 6) is 0.438. The highest BCUT2D eigenvalue weighted by Crippen LogP contribution is 2.40. The molecule has 0 radical (unpaired) electrons. The van der Waals surface area contributed by atoms with E-state index in [9.17, 15) is 23.1 Å². The average Bonchev–Trinajstić information content (AvgIpc) is 2.73. The third kappa shape index (κ3) is 4.68. The SMILES string of the molecule is C#CCc1ccc(C(=O)O)c(Cl)c1-c1cc(C(N)=O)c(N)c(-c2ccc(S(N)(=O)=O)cc2)c1. The van der Waals surface area contributed by atoms with Crippen molar-refractivity contribution in [3.05, 3.63) is 70.2 Å². The third-order valence-electron chi connectivity index (χ3n) is 4.98. The number of halogens is 1. The van der Waals surface area contributed by atoms with Gasteiger partial charge in [0.05, 0.1) is 26.7 Å². The first-order valence-corrected chi connectivity index (χ1v) is 11.2. The van der Waals surface area contributed by atoms with Crippen LogP contribution in [0.25, 0.3) is 22.3 Å². The fraction of sp³-hybridized carbons (Fsp3) is 0.0435. The Morgan fingerprint density at radius 1 is 1.03 bits per heavy atom. The molecular formula is C23H18ClN3O5S. The molecule has 0 aromatic heterocycles. The third-order valence-corrected chi connectivity index (χ3v) is 6.30. The normalized spacial score (nSPS) is 11.1. The summed E-state index contributed by atoms with van der Waals surface area (Å²) in [4.78, 5) is 23.7. The van der Waals surface area contributed by atoms with E-state index in [4.69, 9.17) is 34.6 Å². The molecule has 7 N–H and O–H groups in total. The van der Waals surface area contributed by atoms with Crippen molar-refractivity contribution in [2.45, 2.75) is 11.3 Å². The van der Waals surface area contributed by atoms with Crippen molar-refractivity contribution < 1.29 is 23.1 Å². The second-order valence-corrected chi connectivity index (χ2v) is 9.01. The molecule has 0 saturated carbocycles. The molecule has 0 unspecified atom stereocenters. The fourth-order valence-electron chi connectivity index (χ4n) is 3.42. The van der Waals surface area contributed by atoms with Gasteiger partial charge in [0.25, 0.3) is 5.91 Å². The Balaban J connectivity index is 2.35. The molecule has 0 fully saturated rings. The predicted molar refractivity (Wildman–Crippen MR) is 126 cm³/mol.